The molecule has 0 aromatic carbocycles. The van der Waals surface area contributed by atoms with Gasteiger partial charge in [0.2, 0.25) is 0 Å². The Morgan fingerprint density at radius 3 is 2.55 bits per heavy atom. The minimum Gasteiger partial charge on any atom is -0.193 e. The van der Waals surface area contributed by atoms with Crippen molar-refractivity contribution in [3.8, 4) is 6.07 Å². The maximum atomic E-state index is 8.66. The molecule has 11 heavy (non-hydrogen) atoms. The van der Waals surface area contributed by atoms with Crippen LogP contribution >= 0.6 is 0 Å². The van der Waals surface area contributed by atoms with Crippen LogP contribution in [0, 0.1) is 11.3 Å². The lowest BCUT2D eigenvalue weighted by atomic mass is 10.1. The fourth-order valence-electron chi connectivity index (χ4n) is 0.889. The normalized spacial score (nSPS) is 11.2. The summed E-state index contributed by atoms with van der Waals surface area (Å²) < 4.78 is 0. The molecule has 0 amide bonds. The van der Waals surface area contributed by atoms with Gasteiger partial charge in [-0.1, -0.05) is 32.8 Å². The number of nitriles is 1. The quantitative estimate of drug-likeness (QED) is 0.552. The van der Waals surface area contributed by atoms with E-state index in [1.807, 2.05) is 0 Å². The summed E-state index contributed by atoms with van der Waals surface area (Å²) in [6.45, 7) is 4.28. The zero-order valence-electron chi connectivity index (χ0n) is 7.56. The molecule has 0 N–H and O–H groups in total. The van der Waals surface area contributed by atoms with Gasteiger partial charge in [0.1, 0.15) is 0 Å². The molecule has 0 unspecified atom stereocenters. The number of hydrogen-bond acceptors (Lipinski definition) is 1. The fraction of sp³-hybridized carbons (Fsp3) is 0.700. The molecule has 0 spiro atoms. The third-order valence-electron chi connectivity index (χ3n) is 1.62. The van der Waals surface area contributed by atoms with Crippen LogP contribution in [0.3, 0.4) is 0 Å². The Hall–Kier alpha value is -0.770. The molecule has 1 nitrogen and oxygen atoms in total. The molecule has 62 valence electrons. The van der Waals surface area contributed by atoms with Gasteiger partial charge >= 0.3 is 0 Å². The highest BCUT2D eigenvalue weighted by Gasteiger charge is 1.92. The smallest absolute Gasteiger partial charge is 0.0943 e. The molecule has 0 heterocycles. The predicted molar refractivity (Wildman–Crippen MR) is 48.1 cm³/mol. The molecule has 0 aliphatic heterocycles. The Bertz CT molecular complexity index is 151. The van der Waals surface area contributed by atoms with Crippen LogP contribution in [-0.2, 0) is 0 Å². The van der Waals surface area contributed by atoms with Crippen molar-refractivity contribution in [1.29, 1.82) is 5.26 Å². The number of rotatable bonds is 5. The Morgan fingerprint density at radius 1 is 1.36 bits per heavy atom. The van der Waals surface area contributed by atoms with Crippen molar-refractivity contribution < 1.29 is 0 Å². The first-order valence-electron chi connectivity index (χ1n) is 4.44. The average Bonchev–Trinajstić information content (AvgIpc) is 2.05. The van der Waals surface area contributed by atoms with E-state index in [0.717, 1.165) is 31.3 Å². The Labute approximate surface area is 69.7 Å². The molecule has 0 bridgehead atoms. The minimum atomic E-state index is 0.965. The second-order valence-electron chi connectivity index (χ2n) is 2.73. The first-order valence-corrected chi connectivity index (χ1v) is 4.44. The summed E-state index contributed by atoms with van der Waals surface area (Å²) in [5.41, 5.74) is 0.966. The van der Waals surface area contributed by atoms with Crippen molar-refractivity contribution in [3.63, 3.8) is 0 Å². The summed E-state index contributed by atoms with van der Waals surface area (Å²) in [7, 11) is 0. The Morgan fingerprint density at radius 2 is 2.09 bits per heavy atom. The van der Waals surface area contributed by atoms with Crippen LogP contribution in [0.4, 0.5) is 0 Å². The number of nitrogens with zero attached hydrogens (tertiary/aromatic N) is 1. The summed E-state index contributed by atoms with van der Waals surface area (Å²) in [5, 5.41) is 8.66. The van der Waals surface area contributed by atoms with E-state index in [0.29, 0.717) is 0 Å². The van der Waals surface area contributed by atoms with Crippen LogP contribution in [0.5, 0.6) is 0 Å². The molecule has 0 saturated carbocycles. The molecular weight excluding hydrogens is 134 g/mol. The van der Waals surface area contributed by atoms with Gasteiger partial charge in [-0.05, 0) is 19.3 Å². The van der Waals surface area contributed by atoms with Crippen LogP contribution in [-0.4, -0.2) is 0 Å². The largest absolute Gasteiger partial charge is 0.193 e. The third-order valence-corrected chi connectivity index (χ3v) is 1.62. The lowest BCUT2D eigenvalue weighted by molar-refractivity contribution is 0.793. The maximum absolute atomic E-state index is 8.66. The summed E-state index contributed by atoms with van der Waals surface area (Å²) >= 11 is 0. The van der Waals surface area contributed by atoms with Crippen LogP contribution < -0.4 is 0 Å². The van der Waals surface area contributed by atoms with Crippen molar-refractivity contribution in [2.24, 2.45) is 0 Å². The molecular formula is C10H17N. The summed E-state index contributed by atoms with van der Waals surface area (Å²) in [5.74, 6) is 0. The van der Waals surface area contributed by atoms with Crippen LogP contribution in [0.15, 0.2) is 11.6 Å². The molecule has 0 aromatic heterocycles. The van der Waals surface area contributed by atoms with Gasteiger partial charge in [0.05, 0.1) is 6.07 Å². The minimum absolute atomic E-state index is 0.965. The lowest BCUT2D eigenvalue weighted by Gasteiger charge is -1.94. The summed E-state index contributed by atoms with van der Waals surface area (Å²) in [6.07, 6.45) is 7.53. The summed E-state index contributed by atoms with van der Waals surface area (Å²) in [6, 6.07) is 2.23. The van der Waals surface area contributed by atoms with Gasteiger partial charge in [-0.2, -0.15) is 5.26 Å². The second kappa shape index (κ2) is 7.34. The Kier molecular flexibility index (Phi) is 6.82. The topological polar surface area (TPSA) is 23.8 Å². The average molecular weight is 151 g/mol. The molecule has 1 heteroatoms. The van der Waals surface area contributed by atoms with Crippen molar-refractivity contribution in [3.05, 3.63) is 11.6 Å². The van der Waals surface area contributed by atoms with Gasteiger partial charge in [-0.25, -0.2) is 0 Å². The van der Waals surface area contributed by atoms with Crippen molar-refractivity contribution >= 4 is 0 Å². The van der Waals surface area contributed by atoms with Crippen LogP contribution in [0.1, 0.15) is 46.0 Å². The third kappa shape index (κ3) is 5.66. The van der Waals surface area contributed by atoms with Gasteiger partial charge in [0, 0.05) is 5.57 Å². The zero-order chi connectivity index (χ0) is 8.53. The molecule has 0 radical (unpaired) electrons. The molecule has 0 aromatic rings. The van der Waals surface area contributed by atoms with Crippen LogP contribution in [0.2, 0.25) is 0 Å². The Balaban J connectivity index is 3.67. The van der Waals surface area contributed by atoms with Gasteiger partial charge in [-0.15, -0.1) is 0 Å². The SMILES string of the molecule is CCC/C=C(\C#N)CCCC. The van der Waals surface area contributed by atoms with Gasteiger partial charge < -0.3 is 0 Å². The monoisotopic (exact) mass is 151 g/mol. The van der Waals surface area contributed by atoms with E-state index in [4.69, 9.17) is 5.26 Å². The number of allylic oxidation sites excluding steroid dienone is 2. The molecule has 0 aliphatic rings. The zero-order valence-corrected chi connectivity index (χ0v) is 7.56. The standard InChI is InChI=1S/C10H17N/c1-3-5-7-10(9-11)8-6-4-2/h7H,3-6,8H2,1-2H3/b10-7-. The van der Waals surface area contributed by atoms with E-state index in [1.165, 1.54) is 6.42 Å². The van der Waals surface area contributed by atoms with E-state index in [9.17, 15) is 0 Å². The lowest BCUT2D eigenvalue weighted by Crippen LogP contribution is -1.79. The molecule has 0 rings (SSSR count). The van der Waals surface area contributed by atoms with Gasteiger partial charge in [0.25, 0.3) is 0 Å². The summed E-state index contributed by atoms with van der Waals surface area (Å²) in [4.78, 5) is 0. The first-order chi connectivity index (χ1) is 5.35. The van der Waals surface area contributed by atoms with Crippen LogP contribution in [0.25, 0.3) is 0 Å². The van der Waals surface area contributed by atoms with Gasteiger partial charge in [-0.3, -0.25) is 0 Å². The van der Waals surface area contributed by atoms with E-state index < -0.39 is 0 Å². The number of hydrogen-bond donors (Lipinski definition) is 0. The maximum Gasteiger partial charge on any atom is 0.0943 e. The first kappa shape index (κ1) is 10.2. The second-order valence-corrected chi connectivity index (χ2v) is 2.73. The van der Waals surface area contributed by atoms with Crippen molar-refractivity contribution in [2.75, 3.05) is 0 Å². The van der Waals surface area contributed by atoms with E-state index >= 15 is 0 Å². The van der Waals surface area contributed by atoms with Crippen molar-refractivity contribution in [1.82, 2.24) is 0 Å². The highest BCUT2D eigenvalue weighted by molar-refractivity contribution is 5.19. The van der Waals surface area contributed by atoms with E-state index in [-0.39, 0.29) is 0 Å². The fourth-order valence-corrected chi connectivity index (χ4v) is 0.889. The van der Waals surface area contributed by atoms with E-state index in [2.05, 4.69) is 26.0 Å². The highest BCUT2D eigenvalue weighted by atomic mass is 14.2. The number of unbranched alkanes of at least 4 members (excludes halogenated alkanes) is 2. The highest BCUT2D eigenvalue weighted by Crippen LogP contribution is 2.07. The van der Waals surface area contributed by atoms with Crippen molar-refractivity contribution in [2.45, 2.75) is 46.0 Å². The molecule has 0 saturated heterocycles. The molecule has 0 atom stereocenters. The molecule has 0 aliphatic carbocycles. The predicted octanol–water partition coefficient (Wildman–Crippen LogP) is 3.43. The molecule has 0 fully saturated rings. The van der Waals surface area contributed by atoms with Gasteiger partial charge in [0.15, 0.2) is 0 Å². The van der Waals surface area contributed by atoms with E-state index in [1.54, 1.807) is 0 Å².